The van der Waals surface area contributed by atoms with Crippen molar-refractivity contribution in [2.45, 2.75) is 13.5 Å². The van der Waals surface area contributed by atoms with Gasteiger partial charge in [0.25, 0.3) is 0 Å². The summed E-state index contributed by atoms with van der Waals surface area (Å²) in [6.45, 7) is 2.12. The number of carbonyl (C=O) groups excluding carboxylic acids is 2. The van der Waals surface area contributed by atoms with E-state index in [-0.39, 0.29) is 6.54 Å². The third kappa shape index (κ3) is 4.28. The van der Waals surface area contributed by atoms with Crippen LogP contribution in [0.4, 0.5) is 5.69 Å². The summed E-state index contributed by atoms with van der Waals surface area (Å²) in [5.74, 6) is -0.736. The topological polar surface area (TPSA) is 80.3 Å². The number of aryl methyl sites for hydroxylation is 1. The van der Waals surface area contributed by atoms with Crippen LogP contribution in [0.15, 0.2) is 29.6 Å². The standard InChI is InChI=1S/C14H15N3O3S/c1-9-16-11(8-21-9)7-15-13(18)14(19)17-10-3-5-12(20-2)6-4-10/h3-6,8H,7H2,1-2H3,(H,15,18)(H,17,19). The largest absolute Gasteiger partial charge is 0.497 e. The van der Waals surface area contributed by atoms with E-state index in [0.29, 0.717) is 11.4 Å². The van der Waals surface area contributed by atoms with Gasteiger partial charge in [-0.25, -0.2) is 4.98 Å². The van der Waals surface area contributed by atoms with Crippen molar-refractivity contribution in [3.63, 3.8) is 0 Å². The number of hydrogen-bond acceptors (Lipinski definition) is 5. The van der Waals surface area contributed by atoms with Crippen LogP contribution < -0.4 is 15.4 Å². The van der Waals surface area contributed by atoms with Gasteiger partial charge in [0.2, 0.25) is 0 Å². The zero-order valence-corrected chi connectivity index (χ0v) is 12.5. The molecule has 6 nitrogen and oxygen atoms in total. The first-order valence-corrected chi connectivity index (χ1v) is 7.10. The molecule has 2 rings (SSSR count). The Labute approximate surface area is 126 Å². The lowest BCUT2D eigenvalue weighted by molar-refractivity contribution is -0.136. The molecule has 110 valence electrons. The van der Waals surface area contributed by atoms with E-state index in [1.54, 1.807) is 31.4 Å². The van der Waals surface area contributed by atoms with Crippen LogP contribution in [-0.4, -0.2) is 23.9 Å². The first-order valence-electron chi connectivity index (χ1n) is 6.22. The van der Waals surface area contributed by atoms with E-state index in [1.807, 2.05) is 12.3 Å². The van der Waals surface area contributed by atoms with Crippen molar-refractivity contribution in [1.82, 2.24) is 10.3 Å². The molecule has 0 fully saturated rings. The third-order valence-corrected chi connectivity index (χ3v) is 3.47. The van der Waals surface area contributed by atoms with Crippen molar-refractivity contribution in [1.29, 1.82) is 0 Å². The summed E-state index contributed by atoms with van der Waals surface area (Å²) < 4.78 is 5.01. The van der Waals surface area contributed by atoms with Crippen LogP contribution in [0.1, 0.15) is 10.7 Å². The zero-order chi connectivity index (χ0) is 15.2. The highest BCUT2D eigenvalue weighted by molar-refractivity contribution is 7.09. The van der Waals surface area contributed by atoms with E-state index in [0.717, 1.165) is 10.7 Å². The average molecular weight is 305 g/mol. The van der Waals surface area contributed by atoms with Crippen LogP contribution in [0.3, 0.4) is 0 Å². The van der Waals surface area contributed by atoms with Crippen molar-refractivity contribution >= 4 is 28.8 Å². The minimum Gasteiger partial charge on any atom is -0.497 e. The molecule has 0 saturated heterocycles. The number of amides is 2. The Bertz CT molecular complexity index is 637. The summed E-state index contributed by atoms with van der Waals surface area (Å²) in [5, 5.41) is 7.80. The Morgan fingerprint density at radius 3 is 2.52 bits per heavy atom. The molecule has 1 aromatic heterocycles. The maximum atomic E-state index is 11.7. The number of benzene rings is 1. The maximum absolute atomic E-state index is 11.7. The van der Waals surface area contributed by atoms with E-state index in [4.69, 9.17) is 4.74 Å². The van der Waals surface area contributed by atoms with E-state index >= 15 is 0 Å². The van der Waals surface area contributed by atoms with Crippen molar-refractivity contribution in [2.24, 2.45) is 0 Å². The van der Waals surface area contributed by atoms with Gasteiger partial charge in [0.1, 0.15) is 5.75 Å². The minimum absolute atomic E-state index is 0.235. The molecule has 0 unspecified atom stereocenters. The van der Waals surface area contributed by atoms with Gasteiger partial charge in [-0.3, -0.25) is 9.59 Å². The van der Waals surface area contributed by atoms with Crippen LogP contribution >= 0.6 is 11.3 Å². The van der Waals surface area contributed by atoms with Crippen molar-refractivity contribution in [3.8, 4) is 5.75 Å². The summed E-state index contributed by atoms with van der Waals surface area (Å²) in [4.78, 5) is 27.6. The molecule has 1 heterocycles. The number of rotatable bonds is 4. The summed E-state index contributed by atoms with van der Waals surface area (Å²) in [7, 11) is 1.56. The predicted octanol–water partition coefficient (Wildman–Crippen LogP) is 1.72. The van der Waals surface area contributed by atoms with E-state index < -0.39 is 11.8 Å². The fourth-order valence-electron chi connectivity index (χ4n) is 1.60. The number of nitrogens with zero attached hydrogens (tertiary/aromatic N) is 1. The first kappa shape index (κ1) is 15.0. The lowest BCUT2D eigenvalue weighted by atomic mass is 10.3. The number of methoxy groups -OCH3 is 1. The summed E-state index contributed by atoms with van der Waals surface area (Å²) in [5.41, 5.74) is 1.27. The average Bonchev–Trinajstić information content (AvgIpc) is 2.91. The molecule has 0 aliphatic rings. The molecular formula is C14H15N3O3S. The molecule has 1 aromatic carbocycles. The molecule has 0 saturated carbocycles. The number of carbonyl (C=O) groups is 2. The van der Waals surface area contributed by atoms with E-state index in [1.165, 1.54) is 11.3 Å². The second-order valence-corrected chi connectivity index (χ2v) is 5.29. The molecule has 2 aromatic rings. The quantitative estimate of drug-likeness (QED) is 0.843. The highest BCUT2D eigenvalue weighted by atomic mass is 32.1. The molecule has 0 spiro atoms. The normalized spacial score (nSPS) is 10.0. The molecule has 0 radical (unpaired) electrons. The summed E-state index contributed by atoms with van der Waals surface area (Å²) >= 11 is 1.50. The number of ether oxygens (including phenoxy) is 1. The monoisotopic (exact) mass is 305 g/mol. The number of aromatic nitrogens is 1. The fraction of sp³-hybridized carbons (Fsp3) is 0.214. The van der Waals surface area contributed by atoms with Gasteiger partial charge >= 0.3 is 11.8 Å². The molecule has 7 heteroatoms. The minimum atomic E-state index is -0.716. The lowest BCUT2D eigenvalue weighted by Gasteiger charge is -2.06. The Kier molecular flexibility index (Phi) is 4.89. The van der Waals surface area contributed by atoms with Crippen molar-refractivity contribution in [3.05, 3.63) is 40.3 Å². The van der Waals surface area contributed by atoms with Crippen LogP contribution in [0.2, 0.25) is 0 Å². The Morgan fingerprint density at radius 1 is 1.24 bits per heavy atom. The third-order valence-electron chi connectivity index (χ3n) is 2.65. The van der Waals surface area contributed by atoms with Crippen molar-refractivity contribution in [2.75, 3.05) is 12.4 Å². The van der Waals surface area contributed by atoms with Gasteiger partial charge in [-0.15, -0.1) is 11.3 Å². The molecule has 2 N–H and O–H groups in total. The molecular weight excluding hydrogens is 290 g/mol. The van der Waals surface area contributed by atoms with Crippen LogP contribution in [-0.2, 0) is 16.1 Å². The molecule has 0 bridgehead atoms. The molecule has 21 heavy (non-hydrogen) atoms. The van der Waals surface area contributed by atoms with Crippen molar-refractivity contribution < 1.29 is 14.3 Å². The van der Waals surface area contributed by atoms with Crippen LogP contribution in [0, 0.1) is 6.92 Å². The van der Waals surface area contributed by atoms with E-state index in [2.05, 4.69) is 15.6 Å². The number of nitrogens with one attached hydrogen (secondary N) is 2. The second kappa shape index (κ2) is 6.85. The van der Waals surface area contributed by atoms with Gasteiger partial charge in [0.15, 0.2) is 0 Å². The number of anilines is 1. The zero-order valence-electron chi connectivity index (χ0n) is 11.7. The first-order chi connectivity index (χ1) is 10.1. The maximum Gasteiger partial charge on any atom is 0.313 e. The highest BCUT2D eigenvalue weighted by Crippen LogP contribution is 2.14. The summed E-state index contributed by atoms with van der Waals surface area (Å²) in [6, 6.07) is 6.72. The molecule has 0 atom stereocenters. The number of thiazole rings is 1. The van der Waals surface area contributed by atoms with Gasteiger partial charge in [-0.05, 0) is 31.2 Å². The molecule has 0 aliphatic heterocycles. The fourth-order valence-corrected chi connectivity index (χ4v) is 2.22. The van der Waals surface area contributed by atoms with Gasteiger partial charge in [0.05, 0.1) is 24.4 Å². The smallest absolute Gasteiger partial charge is 0.313 e. The van der Waals surface area contributed by atoms with Gasteiger partial charge in [-0.1, -0.05) is 0 Å². The Morgan fingerprint density at radius 2 is 1.95 bits per heavy atom. The highest BCUT2D eigenvalue weighted by Gasteiger charge is 2.13. The lowest BCUT2D eigenvalue weighted by Crippen LogP contribution is -2.35. The molecule has 2 amide bonds. The van der Waals surface area contributed by atoms with Gasteiger partial charge in [-0.2, -0.15) is 0 Å². The Hall–Kier alpha value is -2.41. The van der Waals surface area contributed by atoms with Crippen LogP contribution in [0.25, 0.3) is 0 Å². The van der Waals surface area contributed by atoms with Gasteiger partial charge < -0.3 is 15.4 Å². The summed E-state index contributed by atoms with van der Waals surface area (Å²) in [6.07, 6.45) is 0. The van der Waals surface area contributed by atoms with Gasteiger partial charge in [0, 0.05) is 11.1 Å². The van der Waals surface area contributed by atoms with E-state index in [9.17, 15) is 9.59 Å². The Balaban J connectivity index is 1.85. The second-order valence-electron chi connectivity index (χ2n) is 4.22. The predicted molar refractivity (Wildman–Crippen MR) is 80.3 cm³/mol. The van der Waals surface area contributed by atoms with Crippen LogP contribution in [0.5, 0.6) is 5.75 Å². The number of hydrogen-bond donors (Lipinski definition) is 2. The molecule has 0 aliphatic carbocycles. The SMILES string of the molecule is COc1ccc(NC(=O)C(=O)NCc2csc(C)n2)cc1.